The lowest BCUT2D eigenvalue weighted by Gasteiger charge is -2.34. The summed E-state index contributed by atoms with van der Waals surface area (Å²) < 4.78 is 5.26. The van der Waals surface area contributed by atoms with E-state index in [9.17, 15) is 19.2 Å². The van der Waals surface area contributed by atoms with E-state index >= 15 is 0 Å². The van der Waals surface area contributed by atoms with Gasteiger partial charge in [-0.1, -0.05) is 48.5 Å². The van der Waals surface area contributed by atoms with Crippen molar-refractivity contribution in [3.63, 3.8) is 0 Å². The van der Waals surface area contributed by atoms with E-state index in [2.05, 4.69) is 5.32 Å². The van der Waals surface area contributed by atoms with Gasteiger partial charge in [-0.05, 0) is 29.1 Å². The fourth-order valence-corrected chi connectivity index (χ4v) is 4.45. The number of carbonyl (C=O) groups excluding carboxylic acids is 4. The van der Waals surface area contributed by atoms with Crippen molar-refractivity contribution in [2.24, 2.45) is 0 Å². The van der Waals surface area contributed by atoms with Crippen molar-refractivity contribution >= 4 is 40.7 Å². The van der Waals surface area contributed by atoms with Crippen molar-refractivity contribution in [3.05, 3.63) is 88.1 Å². The van der Waals surface area contributed by atoms with Crippen molar-refractivity contribution in [1.82, 2.24) is 9.80 Å². The minimum absolute atomic E-state index is 0.0376. The molecule has 8 nitrogen and oxygen atoms in total. The van der Waals surface area contributed by atoms with Crippen molar-refractivity contribution in [3.8, 4) is 0 Å². The fourth-order valence-electron chi connectivity index (χ4n) is 3.76. The highest BCUT2D eigenvalue weighted by Gasteiger charge is 2.26. The van der Waals surface area contributed by atoms with Gasteiger partial charge in [0.25, 0.3) is 11.8 Å². The van der Waals surface area contributed by atoms with Crippen LogP contribution >= 0.6 is 11.3 Å². The molecule has 0 unspecified atom stereocenters. The zero-order chi connectivity index (χ0) is 24.6. The normalized spacial score (nSPS) is 13.3. The fraction of sp³-hybridized carbons (Fsp3) is 0.231. The second-order valence-electron chi connectivity index (χ2n) is 7.98. The first-order valence-corrected chi connectivity index (χ1v) is 12.1. The third-order valence-electron chi connectivity index (χ3n) is 5.61. The molecule has 3 aromatic rings. The molecule has 1 N–H and O–H groups in total. The molecule has 1 aliphatic rings. The number of nitrogens with zero attached hydrogens (tertiary/aromatic N) is 2. The third kappa shape index (κ3) is 6.33. The van der Waals surface area contributed by atoms with Crippen LogP contribution in [0.15, 0.2) is 72.1 Å². The molecule has 1 saturated heterocycles. The van der Waals surface area contributed by atoms with Gasteiger partial charge in [0.05, 0.1) is 22.5 Å². The molecular formula is C26H25N3O5S. The minimum atomic E-state index is -0.694. The number of nitrogens with one attached hydrogen (secondary N) is 1. The maximum absolute atomic E-state index is 12.7. The van der Waals surface area contributed by atoms with Crippen LogP contribution < -0.4 is 5.32 Å². The number of amides is 3. The first kappa shape index (κ1) is 24.2. The highest BCUT2D eigenvalue weighted by molar-refractivity contribution is 7.12. The van der Waals surface area contributed by atoms with Crippen LogP contribution in [-0.4, -0.2) is 66.3 Å². The van der Waals surface area contributed by atoms with Gasteiger partial charge in [0.2, 0.25) is 5.91 Å². The number of para-hydroxylation sites is 1. The molecule has 0 bridgehead atoms. The maximum Gasteiger partial charge on any atom is 0.340 e. The average Bonchev–Trinajstić information content (AvgIpc) is 3.43. The summed E-state index contributed by atoms with van der Waals surface area (Å²) >= 11 is 1.39. The van der Waals surface area contributed by atoms with Gasteiger partial charge in [-0.25, -0.2) is 4.79 Å². The lowest BCUT2D eigenvalue weighted by atomic mass is 10.1. The van der Waals surface area contributed by atoms with Gasteiger partial charge in [-0.2, -0.15) is 0 Å². The van der Waals surface area contributed by atoms with Crippen LogP contribution in [0.4, 0.5) is 5.69 Å². The number of carbonyl (C=O) groups is 4. The number of ether oxygens (including phenoxy) is 1. The van der Waals surface area contributed by atoms with Crippen LogP contribution in [0.3, 0.4) is 0 Å². The Labute approximate surface area is 207 Å². The maximum atomic E-state index is 12.7. The van der Waals surface area contributed by atoms with Gasteiger partial charge in [0, 0.05) is 26.2 Å². The van der Waals surface area contributed by atoms with Crippen molar-refractivity contribution in [1.29, 1.82) is 0 Å². The molecule has 4 rings (SSSR count). The zero-order valence-electron chi connectivity index (χ0n) is 19.0. The predicted octanol–water partition coefficient (Wildman–Crippen LogP) is 3.07. The van der Waals surface area contributed by atoms with E-state index in [1.807, 2.05) is 41.8 Å². The second kappa shape index (κ2) is 11.4. The Hall–Kier alpha value is -3.98. The van der Waals surface area contributed by atoms with E-state index in [0.29, 0.717) is 36.7 Å². The topological polar surface area (TPSA) is 96.0 Å². The summed E-state index contributed by atoms with van der Waals surface area (Å²) in [6, 6.07) is 19.4. The van der Waals surface area contributed by atoms with Gasteiger partial charge in [-0.3, -0.25) is 14.4 Å². The molecule has 9 heteroatoms. The second-order valence-corrected chi connectivity index (χ2v) is 8.93. The van der Waals surface area contributed by atoms with Gasteiger partial charge in [-0.15, -0.1) is 11.3 Å². The molecule has 1 aromatic heterocycles. The summed E-state index contributed by atoms with van der Waals surface area (Å²) in [7, 11) is 0. The molecule has 1 aliphatic heterocycles. The molecule has 3 amide bonds. The van der Waals surface area contributed by atoms with Crippen LogP contribution in [0.1, 0.15) is 25.6 Å². The van der Waals surface area contributed by atoms with E-state index in [1.54, 1.807) is 40.1 Å². The molecule has 180 valence electrons. The Balaban J connectivity index is 1.27. The Bertz CT molecular complexity index is 1190. The average molecular weight is 492 g/mol. The molecule has 0 aliphatic carbocycles. The molecule has 2 aromatic carbocycles. The van der Waals surface area contributed by atoms with Gasteiger partial charge < -0.3 is 19.9 Å². The third-order valence-corrected chi connectivity index (χ3v) is 6.46. The molecule has 1 fully saturated rings. The molecule has 0 saturated carbocycles. The van der Waals surface area contributed by atoms with Crippen LogP contribution in [-0.2, 0) is 20.7 Å². The minimum Gasteiger partial charge on any atom is -0.452 e. The van der Waals surface area contributed by atoms with E-state index in [4.69, 9.17) is 4.74 Å². The predicted molar refractivity (Wildman–Crippen MR) is 132 cm³/mol. The Morgan fingerprint density at radius 1 is 0.829 bits per heavy atom. The Morgan fingerprint density at radius 3 is 2.23 bits per heavy atom. The summed E-state index contributed by atoms with van der Waals surface area (Å²) in [5, 5.41) is 4.60. The van der Waals surface area contributed by atoms with E-state index < -0.39 is 12.6 Å². The quantitative estimate of drug-likeness (QED) is 0.513. The summed E-state index contributed by atoms with van der Waals surface area (Å²) in [6.07, 6.45) is 0.170. The number of anilines is 1. The number of esters is 1. The molecule has 35 heavy (non-hydrogen) atoms. The smallest absolute Gasteiger partial charge is 0.340 e. The van der Waals surface area contributed by atoms with E-state index in [-0.39, 0.29) is 29.7 Å². The van der Waals surface area contributed by atoms with Crippen LogP contribution in [0.2, 0.25) is 0 Å². The summed E-state index contributed by atoms with van der Waals surface area (Å²) in [4.78, 5) is 54.1. The number of thiophene rings is 1. The lowest BCUT2D eigenvalue weighted by molar-refractivity contribution is -0.136. The summed E-state index contributed by atoms with van der Waals surface area (Å²) in [5.41, 5.74) is 1.35. The Kier molecular flexibility index (Phi) is 7.89. The van der Waals surface area contributed by atoms with Crippen LogP contribution in [0.5, 0.6) is 0 Å². The highest BCUT2D eigenvalue weighted by atomic mass is 32.1. The molecule has 2 heterocycles. The Morgan fingerprint density at radius 2 is 1.51 bits per heavy atom. The highest BCUT2D eigenvalue weighted by Crippen LogP contribution is 2.18. The van der Waals surface area contributed by atoms with Crippen LogP contribution in [0, 0.1) is 0 Å². The zero-order valence-corrected chi connectivity index (χ0v) is 19.8. The van der Waals surface area contributed by atoms with Crippen molar-refractivity contribution in [2.45, 2.75) is 6.42 Å². The number of hydrogen-bond acceptors (Lipinski definition) is 6. The van der Waals surface area contributed by atoms with E-state index in [0.717, 1.165) is 5.56 Å². The number of benzene rings is 2. The lowest BCUT2D eigenvalue weighted by Crippen LogP contribution is -2.51. The van der Waals surface area contributed by atoms with Gasteiger partial charge >= 0.3 is 5.97 Å². The first-order valence-electron chi connectivity index (χ1n) is 11.2. The van der Waals surface area contributed by atoms with E-state index in [1.165, 1.54) is 11.3 Å². The van der Waals surface area contributed by atoms with Gasteiger partial charge in [0.15, 0.2) is 6.61 Å². The molecular weight excluding hydrogens is 466 g/mol. The van der Waals surface area contributed by atoms with Crippen molar-refractivity contribution in [2.75, 3.05) is 38.1 Å². The van der Waals surface area contributed by atoms with Crippen molar-refractivity contribution < 1.29 is 23.9 Å². The van der Waals surface area contributed by atoms with Crippen LogP contribution in [0.25, 0.3) is 0 Å². The summed E-state index contributed by atoms with van der Waals surface area (Å²) in [6.45, 7) is 1.18. The molecule has 0 atom stereocenters. The molecule has 0 spiro atoms. The monoisotopic (exact) mass is 491 g/mol. The largest absolute Gasteiger partial charge is 0.452 e. The van der Waals surface area contributed by atoms with Gasteiger partial charge in [0.1, 0.15) is 0 Å². The standard InChI is InChI=1S/C26H25N3O5S/c30-23(17-19-7-2-1-3-8-19)27-21-10-5-4-9-20(21)26(33)34-18-24(31)28-12-14-29(15-13-28)25(32)22-11-6-16-35-22/h1-11,16H,12-15,17-18H2,(H,27,30). The first-order chi connectivity index (χ1) is 17.0. The SMILES string of the molecule is O=C(Cc1ccccc1)Nc1ccccc1C(=O)OCC(=O)N1CCN(C(=O)c2cccs2)CC1. The summed E-state index contributed by atoms with van der Waals surface area (Å²) in [5.74, 6) is -1.32. The number of piperazine rings is 1. The molecule has 0 radical (unpaired) electrons. The number of rotatable bonds is 7. The number of hydrogen-bond donors (Lipinski definition) is 1.